The van der Waals surface area contributed by atoms with Crippen molar-refractivity contribution in [1.82, 2.24) is 4.98 Å². The summed E-state index contributed by atoms with van der Waals surface area (Å²) in [5.74, 6) is -0.334. The molecule has 0 fully saturated rings. The van der Waals surface area contributed by atoms with Crippen LogP contribution >= 0.6 is 27.3 Å². The predicted molar refractivity (Wildman–Crippen MR) is 92.5 cm³/mol. The minimum absolute atomic E-state index is 0.144. The number of hydrogen-bond donors (Lipinski definition) is 1. The van der Waals surface area contributed by atoms with Crippen LogP contribution in [-0.2, 0) is 10.0 Å². The third-order valence-electron chi connectivity index (χ3n) is 2.97. The van der Waals surface area contributed by atoms with E-state index in [1.807, 2.05) is 0 Å². The van der Waals surface area contributed by atoms with E-state index >= 15 is 0 Å². The topological polar surface area (TPSA) is 59.1 Å². The van der Waals surface area contributed by atoms with Crippen molar-refractivity contribution in [2.24, 2.45) is 0 Å². The van der Waals surface area contributed by atoms with Gasteiger partial charge >= 0.3 is 0 Å². The Morgan fingerprint density at radius 1 is 1.13 bits per heavy atom. The standard InChI is InChI=1S/C15H10BrFN2O2S2/c16-11-2-1-3-13(8-11)23(20,21)19-15-18-14(9-22-15)10-4-6-12(17)7-5-10/h1-9H,(H,18,19). The molecule has 0 amide bonds. The molecule has 0 saturated carbocycles. The summed E-state index contributed by atoms with van der Waals surface area (Å²) in [7, 11) is -3.70. The normalized spacial score (nSPS) is 11.4. The minimum Gasteiger partial charge on any atom is -0.255 e. The van der Waals surface area contributed by atoms with Crippen LogP contribution in [0.5, 0.6) is 0 Å². The molecule has 1 N–H and O–H groups in total. The Morgan fingerprint density at radius 3 is 2.57 bits per heavy atom. The predicted octanol–water partition coefficient (Wildman–Crippen LogP) is 4.51. The first kappa shape index (κ1) is 16.1. The van der Waals surface area contributed by atoms with Crippen LogP contribution in [0.15, 0.2) is 63.3 Å². The van der Waals surface area contributed by atoms with E-state index in [-0.39, 0.29) is 15.8 Å². The third kappa shape index (κ3) is 3.77. The van der Waals surface area contributed by atoms with Gasteiger partial charge in [-0.2, -0.15) is 0 Å². The van der Waals surface area contributed by atoms with Gasteiger partial charge in [0.05, 0.1) is 10.6 Å². The van der Waals surface area contributed by atoms with Crippen LogP contribution in [-0.4, -0.2) is 13.4 Å². The monoisotopic (exact) mass is 412 g/mol. The largest absolute Gasteiger partial charge is 0.263 e. The Hall–Kier alpha value is -1.77. The second kappa shape index (κ2) is 6.38. The molecule has 2 aromatic carbocycles. The molecule has 118 valence electrons. The summed E-state index contributed by atoms with van der Waals surface area (Å²) >= 11 is 4.41. The van der Waals surface area contributed by atoms with Gasteiger partial charge in [-0.15, -0.1) is 11.3 Å². The number of sulfonamides is 1. The number of benzene rings is 2. The number of nitrogens with one attached hydrogen (secondary N) is 1. The smallest absolute Gasteiger partial charge is 0.255 e. The van der Waals surface area contributed by atoms with Crippen LogP contribution in [0.3, 0.4) is 0 Å². The SMILES string of the molecule is O=S(=O)(Nc1nc(-c2ccc(F)cc2)cs1)c1cccc(Br)c1. The van der Waals surface area contributed by atoms with E-state index in [0.29, 0.717) is 10.2 Å². The van der Waals surface area contributed by atoms with Crippen molar-refractivity contribution < 1.29 is 12.8 Å². The summed E-state index contributed by atoms with van der Waals surface area (Å²) < 4.78 is 40.7. The summed E-state index contributed by atoms with van der Waals surface area (Å²) in [5, 5.41) is 1.97. The number of rotatable bonds is 4. The van der Waals surface area contributed by atoms with E-state index < -0.39 is 10.0 Å². The molecular weight excluding hydrogens is 403 g/mol. The number of aromatic nitrogens is 1. The molecule has 0 aliphatic carbocycles. The van der Waals surface area contributed by atoms with E-state index in [1.165, 1.54) is 35.6 Å². The van der Waals surface area contributed by atoms with Gasteiger partial charge in [0, 0.05) is 15.4 Å². The highest BCUT2D eigenvalue weighted by atomic mass is 79.9. The van der Waals surface area contributed by atoms with E-state index in [4.69, 9.17) is 0 Å². The van der Waals surface area contributed by atoms with Gasteiger partial charge in [0.15, 0.2) is 5.13 Å². The minimum atomic E-state index is -3.70. The summed E-state index contributed by atoms with van der Waals surface area (Å²) in [6.45, 7) is 0. The zero-order valence-corrected chi connectivity index (χ0v) is 14.8. The lowest BCUT2D eigenvalue weighted by Crippen LogP contribution is -2.12. The number of nitrogens with zero attached hydrogens (tertiary/aromatic N) is 1. The van der Waals surface area contributed by atoms with E-state index in [9.17, 15) is 12.8 Å². The maximum atomic E-state index is 12.9. The van der Waals surface area contributed by atoms with Crippen LogP contribution in [0.1, 0.15) is 0 Å². The van der Waals surface area contributed by atoms with Gasteiger partial charge in [-0.25, -0.2) is 17.8 Å². The molecule has 0 radical (unpaired) electrons. The molecule has 1 aromatic heterocycles. The molecule has 3 aromatic rings. The molecule has 4 nitrogen and oxygen atoms in total. The first-order valence-corrected chi connectivity index (χ1v) is 9.59. The van der Waals surface area contributed by atoms with Gasteiger partial charge in [0.1, 0.15) is 5.82 Å². The van der Waals surface area contributed by atoms with Crippen molar-refractivity contribution in [2.75, 3.05) is 4.72 Å². The van der Waals surface area contributed by atoms with Gasteiger partial charge in [-0.3, -0.25) is 4.72 Å². The van der Waals surface area contributed by atoms with Crippen LogP contribution in [0.25, 0.3) is 11.3 Å². The third-order valence-corrected chi connectivity index (χ3v) is 5.69. The van der Waals surface area contributed by atoms with E-state index in [1.54, 1.807) is 29.6 Å². The van der Waals surface area contributed by atoms with Crippen molar-refractivity contribution >= 4 is 42.4 Å². The van der Waals surface area contributed by atoms with E-state index in [0.717, 1.165) is 5.56 Å². The average Bonchev–Trinajstić information content (AvgIpc) is 2.96. The number of thiazole rings is 1. The first-order chi connectivity index (χ1) is 10.9. The van der Waals surface area contributed by atoms with Crippen molar-refractivity contribution in [3.05, 3.63) is 64.2 Å². The zero-order valence-electron chi connectivity index (χ0n) is 11.5. The van der Waals surface area contributed by atoms with Gasteiger partial charge in [0.2, 0.25) is 0 Å². The molecule has 1 heterocycles. The molecule has 0 aliphatic heterocycles. The Kier molecular flexibility index (Phi) is 4.47. The Balaban J connectivity index is 1.85. The Bertz CT molecular complexity index is 940. The van der Waals surface area contributed by atoms with Gasteiger partial charge in [-0.1, -0.05) is 22.0 Å². The molecule has 23 heavy (non-hydrogen) atoms. The molecule has 3 rings (SSSR count). The van der Waals surface area contributed by atoms with Crippen molar-refractivity contribution in [3.63, 3.8) is 0 Å². The van der Waals surface area contributed by atoms with Crippen LogP contribution in [0.4, 0.5) is 9.52 Å². The first-order valence-electron chi connectivity index (χ1n) is 6.44. The number of hydrogen-bond acceptors (Lipinski definition) is 4. The molecule has 0 unspecified atom stereocenters. The van der Waals surface area contributed by atoms with Gasteiger partial charge in [-0.05, 0) is 42.5 Å². The molecule has 0 aliphatic rings. The maximum Gasteiger partial charge on any atom is 0.263 e. The molecule has 8 heteroatoms. The highest BCUT2D eigenvalue weighted by Crippen LogP contribution is 2.27. The highest BCUT2D eigenvalue weighted by molar-refractivity contribution is 9.10. The van der Waals surface area contributed by atoms with Gasteiger partial charge < -0.3 is 0 Å². The Morgan fingerprint density at radius 2 is 1.87 bits per heavy atom. The fraction of sp³-hybridized carbons (Fsp3) is 0. The van der Waals surface area contributed by atoms with Crippen LogP contribution in [0, 0.1) is 5.82 Å². The second-order valence-electron chi connectivity index (χ2n) is 4.61. The second-order valence-corrected chi connectivity index (χ2v) is 8.06. The lowest BCUT2D eigenvalue weighted by Gasteiger charge is -2.05. The fourth-order valence-corrected chi connectivity index (χ4v) is 4.45. The summed E-state index contributed by atoms with van der Waals surface area (Å²) in [5.41, 5.74) is 1.30. The molecule has 0 spiro atoms. The quantitative estimate of drug-likeness (QED) is 0.685. The summed E-state index contributed by atoms with van der Waals surface area (Å²) in [6, 6.07) is 12.3. The van der Waals surface area contributed by atoms with Crippen molar-refractivity contribution in [1.29, 1.82) is 0 Å². The zero-order chi connectivity index (χ0) is 16.4. The molecule has 0 saturated heterocycles. The average molecular weight is 413 g/mol. The number of halogens is 2. The fourth-order valence-electron chi connectivity index (χ4n) is 1.88. The lowest BCUT2D eigenvalue weighted by atomic mass is 10.2. The lowest BCUT2D eigenvalue weighted by molar-refractivity contribution is 0.601. The maximum absolute atomic E-state index is 12.9. The summed E-state index contributed by atoms with van der Waals surface area (Å²) in [4.78, 5) is 4.38. The van der Waals surface area contributed by atoms with Crippen LogP contribution < -0.4 is 4.72 Å². The van der Waals surface area contributed by atoms with Gasteiger partial charge in [0.25, 0.3) is 10.0 Å². The summed E-state index contributed by atoms with van der Waals surface area (Å²) in [6.07, 6.45) is 0. The van der Waals surface area contributed by atoms with Crippen molar-refractivity contribution in [2.45, 2.75) is 4.90 Å². The Labute approximate surface area is 145 Å². The van der Waals surface area contributed by atoms with E-state index in [2.05, 4.69) is 25.6 Å². The number of anilines is 1. The van der Waals surface area contributed by atoms with Crippen molar-refractivity contribution in [3.8, 4) is 11.3 Å². The molecule has 0 bridgehead atoms. The molecular formula is C15H10BrFN2O2S2. The van der Waals surface area contributed by atoms with Crippen LogP contribution in [0.2, 0.25) is 0 Å². The molecule has 0 atom stereocenters. The highest BCUT2D eigenvalue weighted by Gasteiger charge is 2.16.